The zero-order valence-corrected chi connectivity index (χ0v) is 20.1. The van der Waals surface area contributed by atoms with Crippen molar-refractivity contribution in [1.29, 1.82) is 0 Å². The predicted octanol–water partition coefficient (Wildman–Crippen LogP) is 3.96. The van der Waals surface area contributed by atoms with E-state index < -0.39 is 23.3 Å². The molecule has 0 spiro atoms. The third-order valence-electron chi connectivity index (χ3n) is 6.34. The molecule has 0 radical (unpaired) electrons. The average Bonchev–Trinajstić information content (AvgIpc) is 3.22. The summed E-state index contributed by atoms with van der Waals surface area (Å²) in [7, 11) is 0. The summed E-state index contributed by atoms with van der Waals surface area (Å²) >= 11 is 0. The van der Waals surface area contributed by atoms with E-state index in [-0.39, 0.29) is 5.97 Å². The van der Waals surface area contributed by atoms with E-state index >= 15 is 0 Å². The number of ether oxygens (including phenoxy) is 1. The number of carbonyl (C=O) groups is 3. The molecule has 2 aromatic rings. The lowest BCUT2D eigenvalue weighted by Crippen LogP contribution is -2.44. The lowest BCUT2D eigenvalue weighted by Gasteiger charge is -2.31. The van der Waals surface area contributed by atoms with Crippen molar-refractivity contribution in [1.82, 2.24) is 4.90 Å². The molecule has 4 rings (SSSR count). The first-order valence-electron chi connectivity index (χ1n) is 11.9. The molecule has 1 fully saturated rings. The van der Waals surface area contributed by atoms with E-state index in [1.165, 1.54) is 5.56 Å². The molecule has 180 valence electrons. The van der Waals surface area contributed by atoms with Gasteiger partial charge in [0.15, 0.2) is 0 Å². The Labute approximate surface area is 200 Å². The quantitative estimate of drug-likeness (QED) is 0.529. The van der Waals surface area contributed by atoms with Crippen molar-refractivity contribution in [2.75, 3.05) is 30.3 Å². The molecule has 2 aliphatic heterocycles. The van der Waals surface area contributed by atoms with Gasteiger partial charge in [0, 0.05) is 31.0 Å². The minimum Gasteiger partial charge on any atom is -0.459 e. The summed E-state index contributed by atoms with van der Waals surface area (Å²) in [5.74, 6) is -1.41. The van der Waals surface area contributed by atoms with Crippen LogP contribution in [0.4, 0.5) is 11.4 Å². The minimum absolute atomic E-state index is 0.309. The SMILES string of the molecule is CC(C)(C)OC(=O)C1CNc2ccc(NC(=O)C(=O)N3CCC(Cc4ccccc4)CC3)cc21. The highest BCUT2D eigenvalue weighted by atomic mass is 16.6. The second-order valence-electron chi connectivity index (χ2n) is 10.1. The average molecular weight is 464 g/mol. The molecule has 7 nitrogen and oxygen atoms in total. The van der Waals surface area contributed by atoms with E-state index in [2.05, 4.69) is 22.8 Å². The van der Waals surface area contributed by atoms with E-state index in [9.17, 15) is 14.4 Å². The minimum atomic E-state index is -0.652. The first-order chi connectivity index (χ1) is 16.2. The van der Waals surface area contributed by atoms with Crippen molar-refractivity contribution < 1.29 is 19.1 Å². The molecule has 2 amide bonds. The van der Waals surface area contributed by atoms with E-state index in [0.29, 0.717) is 31.2 Å². The van der Waals surface area contributed by atoms with Gasteiger partial charge in [-0.25, -0.2) is 0 Å². The third kappa shape index (κ3) is 5.76. The summed E-state index contributed by atoms with van der Waals surface area (Å²) < 4.78 is 5.54. The topological polar surface area (TPSA) is 87.7 Å². The number of nitrogens with one attached hydrogen (secondary N) is 2. The number of esters is 1. The van der Waals surface area contributed by atoms with Crippen LogP contribution in [0.3, 0.4) is 0 Å². The van der Waals surface area contributed by atoms with Crippen LogP contribution in [-0.2, 0) is 25.5 Å². The molecule has 7 heteroatoms. The maximum absolute atomic E-state index is 12.8. The Balaban J connectivity index is 1.33. The molecule has 0 saturated carbocycles. The third-order valence-corrected chi connectivity index (χ3v) is 6.34. The van der Waals surface area contributed by atoms with Crippen LogP contribution in [0.2, 0.25) is 0 Å². The molecule has 2 heterocycles. The summed E-state index contributed by atoms with van der Waals surface area (Å²) in [6.45, 7) is 7.11. The summed E-state index contributed by atoms with van der Waals surface area (Å²) in [6.07, 6.45) is 2.77. The molecule has 2 aromatic carbocycles. The van der Waals surface area contributed by atoms with Crippen LogP contribution in [0.5, 0.6) is 0 Å². The number of nitrogens with zero attached hydrogens (tertiary/aromatic N) is 1. The van der Waals surface area contributed by atoms with Crippen LogP contribution in [-0.4, -0.2) is 47.9 Å². The number of amides is 2. The van der Waals surface area contributed by atoms with Crippen LogP contribution in [0.15, 0.2) is 48.5 Å². The number of fused-ring (bicyclic) bond motifs is 1. The summed E-state index contributed by atoms with van der Waals surface area (Å²) in [5.41, 5.74) is 2.82. The number of benzene rings is 2. The highest BCUT2D eigenvalue weighted by Gasteiger charge is 2.33. The van der Waals surface area contributed by atoms with Gasteiger partial charge < -0.3 is 20.3 Å². The van der Waals surface area contributed by atoms with Gasteiger partial charge in [-0.3, -0.25) is 14.4 Å². The molecular weight excluding hydrogens is 430 g/mol. The van der Waals surface area contributed by atoms with Crippen molar-refractivity contribution in [3.63, 3.8) is 0 Å². The van der Waals surface area contributed by atoms with E-state index in [4.69, 9.17) is 4.74 Å². The Bertz CT molecular complexity index is 1050. The largest absolute Gasteiger partial charge is 0.459 e. The first-order valence-corrected chi connectivity index (χ1v) is 11.9. The van der Waals surface area contributed by atoms with Crippen LogP contribution in [0.25, 0.3) is 0 Å². The van der Waals surface area contributed by atoms with Crippen molar-refractivity contribution in [2.24, 2.45) is 5.92 Å². The smallest absolute Gasteiger partial charge is 0.315 e. The van der Waals surface area contributed by atoms with Gasteiger partial charge in [-0.05, 0) is 75.3 Å². The lowest BCUT2D eigenvalue weighted by atomic mass is 9.90. The van der Waals surface area contributed by atoms with Crippen molar-refractivity contribution in [3.05, 3.63) is 59.7 Å². The summed E-state index contributed by atoms with van der Waals surface area (Å²) in [6, 6.07) is 15.7. The second kappa shape index (κ2) is 9.87. The van der Waals surface area contributed by atoms with Crippen LogP contribution >= 0.6 is 0 Å². The van der Waals surface area contributed by atoms with Crippen LogP contribution in [0, 0.1) is 5.92 Å². The van der Waals surface area contributed by atoms with E-state index in [1.807, 2.05) is 45.0 Å². The van der Waals surface area contributed by atoms with E-state index in [0.717, 1.165) is 30.5 Å². The molecule has 1 saturated heterocycles. The molecule has 1 unspecified atom stereocenters. The number of piperidine rings is 1. The second-order valence-corrected chi connectivity index (χ2v) is 10.1. The highest BCUT2D eigenvalue weighted by Crippen LogP contribution is 2.35. The highest BCUT2D eigenvalue weighted by molar-refractivity contribution is 6.39. The molecule has 2 N–H and O–H groups in total. The fraction of sp³-hybridized carbons (Fsp3) is 0.444. The number of rotatable bonds is 4. The number of anilines is 2. The lowest BCUT2D eigenvalue weighted by molar-refractivity contribution is -0.156. The van der Waals surface area contributed by atoms with Gasteiger partial charge in [-0.2, -0.15) is 0 Å². The molecule has 0 aromatic heterocycles. The van der Waals surface area contributed by atoms with Crippen molar-refractivity contribution >= 4 is 29.2 Å². The van der Waals surface area contributed by atoms with Gasteiger partial charge in [0.2, 0.25) is 0 Å². The number of hydrogen-bond donors (Lipinski definition) is 2. The molecule has 1 atom stereocenters. The van der Waals surface area contributed by atoms with Gasteiger partial charge >= 0.3 is 17.8 Å². The maximum Gasteiger partial charge on any atom is 0.315 e. The number of likely N-dealkylation sites (tertiary alicyclic amines) is 1. The van der Waals surface area contributed by atoms with Gasteiger partial charge in [0.1, 0.15) is 11.5 Å². The van der Waals surface area contributed by atoms with Gasteiger partial charge in [-0.15, -0.1) is 0 Å². The normalized spacial score (nSPS) is 18.1. The standard InChI is InChI=1S/C27H33N3O4/c1-27(2,3)34-26(33)22-17-28-23-10-9-20(16-21(22)23)29-24(31)25(32)30-13-11-19(12-14-30)15-18-7-5-4-6-8-18/h4-10,16,19,22,28H,11-15,17H2,1-3H3,(H,29,31). The first kappa shape index (κ1) is 23.8. The van der Waals surface area contributed by atoms with Crippen molar-refractivity contribution in [3.8, 4) is 0 Å². The Morgan fingerprint density at radius 1 is 1.06 bits per heavy atom. The van der Waals surface area contributed by atoms with Gasteiger partial charge in [0.25, 0.3) is 0 Å². The zero-order valence-electron chi connectivity index (χ0n) is 20.1. The van der Waals surface area contributed by atoms with Crippen LogP contribution < -0.4 is 10.6 Å². The molecule has 0 bridgehead atoms. The number of carbonyl (C=O) groups excluding carboxylic acids is 3. The van der Waals surface area contributed by atoms with Gasteiger partial charge in [-0.1, -0.05) is 30.3 Å². The molecular formula is C27H33N3O4. The van der Waals surface area contributed by atoms with Crippen LogP contribution in [0.1, 0.15) is 50.7 Å². The number of hydrogen-bond acceptors (Lipinski definition) is 5. The Morgan fingerprint density at radius 2 is 1.76 bits per heavy atom. The maximum atomic E-state index is 12.8. The summed E-state index contributed by atoms with van der Waals surface area (Å²) in [4.78, 5) is 39.7. The summed E-state index contributed by atoms with van der Waals surface area (Å²) in [5, 5.41) is 5.92. The molecule has 34 heavy (non-hydrogen) atoms. The monoisotopic (exact) mass is 463 g/mol. The van der Waals surface area contributed by atoms with E-state index in [1.54, 1.807) is 17.0 Å². The molecule has 2 aliphatic rings. The Morgan fingerprint density at radius 3 is 2.44 bits per heavy atom. The fourth-order valence-corrected chi connectivity index (χ4v) is 4.61. The Hall–Kier alpha value is -3.35. The Kier molecular flexibility index (Phi) is 6.91. The predicted molar refractivity (Wildman–Crippen MR) is 132 cm³/mol. The molecule has 0 aliphatic carbocycles. The fourth-order valence-electron chi connectivity index (χ4n) is 4.61. The van der Waals surface area contributed by atoms with Crippen molar-refractivity contribution in [2.45, 2.75) is 51.6 Å². The van der Waals surface area contributed by atoms with Gasteiger partial charge in [0.05, 0.1) is 0 Å². The zero-order chi connectivity index (χ0) is 24.3.